The Kier molecular flexibility index (Phi) is 15.3. The molecule has 0 aliphatic rings. The SMILES string of the molecule is N#CCCCCCCl.NC(N)=S. The first-order chi connectivity index (χ1) is 5.65. The lowest BCUT2D eigenvalue weighted by Gasteiger charge is -1.88. The van der Waals surface area contributed by atoms with Crippen LogP contribution >= 0.6 is 23.8 Å². The first-order valence-electron chi connectivity index (χ1n) is 3.63. The highest BCUT2D eigenvalue weighted by Crippen LogP contribution is 1.98. The van der Waals surface area contributed by atoms with Crippen molar-refractivity contribution in [1.82, 2.24) is 0 Å². The molecule has 0 unspecified atom stereocenters. The zero-order valence-electron chi connectivity index (χ0n) is 6.92. The second-order valence-corrected chi connectivity index (χ2v) is 2.91. The maximum absolute atomic E-state index is 8.08. The molecule has 0 saturated heterocycles. The zero-order chi connectivity index (χ0) is 9.82. The first kappa shape index (κ1) is 14.0. The topological polar surface area (TPSA) is 75.8 Å². The maximum Gasteiger partial charge on any atom is 0.160 e. The highest BCUT2D eigenvalue weighted by molar-refractivity contribution is 7.80. The van der Waals surface area contributed by atoms with Gasteiger partial charge in [-0.2, -0.15) is 5.26 Å². The van der Waals surface area contributed by atoms with Crippen molar-refractivity contribution in [3.8, 4) is 6.07 Å². The molecule has 0 aliphatic carbocycles. The molecule has 3 nitrogen and oxygen atoms in total. The monoisotopic (exact) mass is 207 g/mol. The summed E-state index contributed by atoms with van der Waals surface area (Å²) in [4.78, 5) is 0. The van der Waals surface area contributed by atoms with Crippen LogP contribution in [-0.2, 0) is 0 Å². The average Bonchev–Trinajstić information content (AvgIpc) is 1.97. The molecule has 4 N–H and O–H groups in total. The van der Waals surface area contributed by atoms with E-state index in [1.807, 2.05) is 0 Å². The van der Waals surface area contributed by atoms with Gasteiger partial charge in [0.2, 0.25) is 0 Å². The van der Waals surface area contributed by atoms with E-state index in [1.165, 1.54) is 0 Å². The number of nitrogens with two attached hydrogens (primary N) is 2. The maximum atomic E-state index is 8.08. The Balaban J connectivity index is 0. The molecular weight excluding hydrogens is 194 g/mol. The van der Waals surface area contributed by atoms with E-state index in [2.05, 4.69) is 29.8 Å². The molecule has 0 spiro atoms. The molecule has 12 heavy (non-hydrogen) atoms. The predicted molar refractivity (Wildman–Crippen MR) is 55.8 cm³/mol. The van der Waals surface area contributed by atoms with E-state index in [1.54, 1.807) is 0 Å². The van der Waals surface area contributed by atoms with Crippen LogP contribution in [0.2, 0.25) is 0 Å². The summed E-state index contributed by atoms with van der Waals surface area (Å²) in [5.74, 6) is 0.728. The Bertz CT molecular complexity index is 140. The number of alkyl halides is 1. The number of hydrogen-bond donors (Lipinski definition) is 2. The van der Waals surface area contributed by atoms with E-state index in [4.69, 9.17) is 16.9 Å². The number of thiocarbonyl (C=S) groups is 1. The second kappa shape index (κ2) is 13.1. The number of rotatable bonds is 4. The molecule has 0 fully saturated rings. The molecule has 0 saturated carbocycles. The van der Waals surface area contributed by atoms with Crippen LogP contribution in [0.3, 0.4) is 0 Å². The lowest BCUT2D eigenvalue weighted by Crippen LogP contribution is -2.18. The number of nitrogens with zero attached hydrogens (tertiary/aromatic N) is 1. The van der Waals surface area contributed by atoms with Gasteiger partial charge >= 0.3 is 0 Å². The van der Waals surface area contributed by atoms with Gasteiger partial charge in [0.25, 0.3) is 0 Å². The van der Waals surface area contributed by atoms with Crippen molar-refractivity contribution >= 4 is 28.9 Å². The van der Waals surface area contributed by atoms with Crippen molar-refractivity contribution < 1.29 is 0 Å². The molecule has 5 heteroatoms. The molecule has 0 rings (SSSR count). The second-order valence-electron chi connectivity index (χ2n) is 2.06. The van der Waals surface area contributed by atoms with Crippen molar-refractivity contribution in [3.05, 3.63) is 0 Å². The summed E-state index contributed by atoms with van der Waals surface area (Å²) in [5, 5.41) is 8.08. The minimum atomic E-state index is 0.000000000000000222. The highest BCUT2D eigenvalue weighted by Gasteiger charge is 1.84. The van der Waals surface area contributed by atoms with Crippen molar-refractivity contribution in [3.63, 3.8) is 0 Å². The van der Waals surface area contributed by atoms with E-state index < -0.39 is 0 Å². The van der Waals surface area contributed by atoms with Gasteiger partial charge in [-0.1, -0.05) is 6.42 Å². The van der Waals surface area contributed by atoms with Crippen LogP contribution in [0.4, 0.5) is 0 Å². The quantitative estimate of drug-likeness (QED) is 0.416. The van der Waals surface area contributed by atoms with Crippen LogP contribution in [-0.4, -0.2) is 11.0 Å². The molecule has 0 aromatic heterocycles. The van der Waals surface area contributed by atoms with Gasteiger partial charge in [0.05, 0.1) is 6.07 Å². The Morgan fingerprint density at radius 2 is 1.83 bits per heavy atom. The summed E-state index contributed by atoms with van der Waals surface area (Å²) in [7, 11) is 0. The van der Waals surface area contributed by atoms with Gasteiger partial charge in [-0.25, -0.2) is 0 Å². The number of nitriles is 1. The van der Waals surface area contributed by atoms with Gasteiger partial charge in [0, 0.05) is 12.3 Å². The van der Waals surface area contributed by atoms with Crippen LogP contribution in [0, 0.1) is 11.3 Å². The van der Waals surface area contributed by atoms with Gasteiger partial charge in [0.15, 0.2) is 5.11 Å². The van der Waals surface area contributed by atoms with Crippen LogP contribution in [0.15, 0.2) is 0 Å². The van der Waals surface area contributed by atoms with E-state index >= 15 is 0 Å². The fourth-order valence-corrected chi connectivity index (χ4v) is 0.664. The highest BCUT2D eigenvalue weighted by atomic mass is 35.5. The summed E-state index contributed by atoms with van der Waals surface area (Å²) >= 11 is 9.49. The van der Waals surface area contributed by atoms with Gasteiger partial charge in [-0.3, -0.25) is 0 Å². The number of unbranched alkanes of at least 4 members (excludes halogenated alkanes) is 3. The Morgan fingerprint density at radius 1 is 1.33 bits per heavy atom. The molecule has 0 bridgehead atoms. The fourth-order valence-electron chi connectivity index (χ4n) is 0.475. The van der Waals surface area contributed by atoms with Crippen LogP contribution in [0.1, 0.15) is 25.7 Å². The molecule has 0 aromatic carbocycles. The zero-order valence-corrected chi connectivity index (χ0v) is 8.50. The molecule has 0 heterocycles. The van der Waals surface area contributed by atoms with E-state index in [-0.39, 0.29) is 5.11 Å². The summed E-state index contributed by atoms with van der Waals surface area (Å²) in [6, 6.07) is 2.08. The van der Waals surface area contributed by atoms with E-state index in [0.29, 0.717) is 6.42 Å². The van der Waals surface area contributed by atoms with Crippen molar-refractivity contribution in [2.24, 2.45) is 11.5 Å². The Morgan fingerprint density at radius 3 is 2.17 bits per heavy atom. The normalized spacial score (nSPS) is 7.67. The average molecular weight is 208 g/mol. The minimum Gasteiger partial charge on any atom is -0.377 e. The largest absolute Gasteiger partial charge is 0.377 e. The molecule has 0 amide bonds. The summed E-state index contributed by atoms with van der Waals surface area (Å²) in [6.07, 6.45) is 3.82. The van der Waals surface area contributed by atoms with E-state index in [9.17, 15) is 0 Å². The van der Waals surface area contributed by atoms with Gasteiger partial charge in [0.1, 0.15) is 0 Å². The molecule has 0 radical (unpaired) electrons. The molecule has 0 aliphatic heterocycles. The van der Waals surface area contributed by atoms with Crippen LogP contribution in [0.5, 0.6) is 0 Å². The van der Waals surface area contributed by atoms with Crippen LogP contribution < -0.4 is 11.5 Å². The third-order valence-electron chi connectivity index (χ3n) is 0.922. The minimum absolute atomic E-state index is 0.000000000000000222. The summed E-state index contributed by atoms with van der Waals surface area (Å²) < 4.78 is 0. The Hall–Kier alpha value is -0.530. The molecule has 70 valence electrons. The third kappa shape index (κ3) is 34.0. The van der Waals surface area contributed by atoms with Crippen LogP contribution in [0.25, 0.3) is 0 Å². The van der Waals surface area contributed by atoms with Crippen molar-refractivity contribution in [2.45, 2.75) is 25.7 Å². The fraction of sp³-hybridized carbons (Fsp3) is 0.714. The van der Waals surface area contributed by atoms with Crippen molar-refractivity contribution in [2.75, 3.05) is 5.88 Å². The summed E-state index contributed by atoms with van der Waals surface area (Å²) in [5.41, 5.74) is 9.24. The van der Waals surface area contributed by atoms with Gasteiger partial charge < -0.3 is 11.5 Å². The number of halogens is 1. The third-order valence-corrected chi connectivity index (χ3v) is 1.19. The number of hydrogen-bond acceptors (Lipinski definition) is 2. The lowest BCUT2D eigenvalue weighted by molar-refractivity contribution is 0.737. The summed E-state index contributed by atoms with van der Waals surface area (Å²) in [6.45, 7) is 0. The van der Waals surface area contributed by atoms with E-state index in [0.717, 1.165) is 25.1 Å². The van der Waals surface area contributed by atoms with Gasteiger partial charge in [-0.15, -0.1) is 11.6 Å². The smallest absolute Gasteiger partial charge is 0.160 e. The molecule has 0 aromatic rings. The van der Waals surface area contributed by atoms with Crippen molar-refractivity contribution in [1.29, 1.82) is 5.26 Å². The molecular formula is C7H14ClN3S. The van der Waals surface area contributed by atoms with Gasteiger partial charge in [-0.05, 0) is 25.1 Å². The predicted octanol–water partition coefficient (Wildman–Crippen LogP) is 1.50. The lowest BCUT2D eigenvalue weighted by atomic mass is 10.2. The standard InChI is InChI=1S/C6H10ClN.CH4N2S/c7-5-3-1-2-4-6-8;2-1(3)4/h1-5H2;(H4,2,3,4). The Labute approximate surface area is 83.7 Å². The first-order valence-corrected chi connectivity index (χ1v) is 4.57. The molecule has 0 atom stereocenters.